The molecule has 1 N–H and O–H groups in total. The van der Waals surface area contributed by atoms with Gasteiger partial charge in [0.25, 0.3) is 10.1 Å². The molecule has 58 heavy (non-hydrogen) atoms. The minimum absolute atomic E-state index is 0. The van der Waals surface area contributed by atoms with Crippen LogP contribution >= 0.6 is 0 Å². The van der Waals surface area contributed by atoms with Gasteiger partial charge in [-0.1, -0.05) is 271 Å². The first-order valence-electron chi connectivity index (χ1n) is 24.5. The topological polar surface area (TPSA) is 135 Å². The molecule has 0 aromatic heterocycles. The van der Waals surface area contributed by atoms with E-state index in [0.29, 0.717) is 25.7 Å². The second kappa shape index (κ2) is 45.9. The summed E-state index contributed by atoms with van der Waals surface area (Å²) in [5.74, 6) is -3.79. The van der Waals surface area contributed by atoms with Gasteiger partial charge in [0.1, 0.15) is 5.25 Å². The number of hydrogen-bond acceptors (Lipinski definition) is 6. The molecule has 334 valence electrons. The van der Waals surface area contributed by atoms with E-state index in [1.54, 1.807) is 0 Å². The maximum Gasteiger partial charge on any atom is 1.00 e. The van der Waals surface area contributed by atoms with Crippen LogP contribution in [0.1, 0.15) is 284 Å². The van der Waals surface area contributed by atoms with Gasteiger partial charge in [0.2, 0.25) is 0 Å². The molecular weight excluding hydrogens is 767 g/mol. The minimum Gasteiger partial charge on any atom is -0.549 e. The quantitative estimate of drug-likeness (QED) is 0.0390. The van der Waals surface area contributed by atoms with Crippen molar-refractivity contribution in [3.05, 3.63) is 0 Å². The molecular formula is C48H92Na2O7S. The third-order valence-corrected chi connectivity index (χ3v) is 13.6. The van der Waals surface area contributed by atoms with Crippen molar-refractivity contribution in [2.24, 2.45) is 5.41 Å². The first-order valence-corrected chi connectivity index (χ1v) is 26.0. The van der Waals surface area contributed by atoms with Crippen molar-refractivity contribution in [1.29, 1.82) is 0 Å². The van der Waals surface area contributed by atoms with Crippen LogP contribution in [-0.2, 0) is 19.7 Å². The number of unbranched alkanes of at least 4 members (excludes halogenated alkanes) is 38. The summed E-state index contributed by atoms with van der Waals surface area (Å²) in [6.07, 6.45) is 47.9. The molecule has 0 amide bonds. The van der Waals surface area contributed by atoms with Crippen molar-refractivity contribution < 1.29 is 91.9 Å². The Balaban J connectivity index is -0.0000151. The van der Waals surface area contributed by atoms with E-state index in [1.165, 1.54) is 193 Å². The molecule has 0 aromatic carbocycles. The van der Waals surface area contributed by atoms with E-state index < -0.39 is 32.7 Å². The van der Waals surface area contributed by atoms with Gasteiger partial charge < -0.3 is 19.8 Å². The maximum absolute atomic E-state index is 12.5. The predicted octanol–water partition coefficient (Wildman–Crippen LogP) is 7.16. The van der Waals surface area contributed by atoms with Gasteiger partial charge in [0.05, 0.1) is 5.97 Å². The molecule has 0 bridgehead atoms. The molecule has 0 aromatic rings. The monoisotopic (exact) mass is 859 g/mol. The third-order valence-electron chi connectivity index (χ3n) is 12.4. The number of carboxylic acids is 2. The summed E-state index contributed by atoms with van der Waals surface area (Å²) in [7, 11) is -5.20. The molecule has 1 atom stereocenters. The number of carbonyl (C=O) groups excluding carboxylic acids is 2. The largest absolute Gasteiger partial charge is 1.00 e. The molecule has 0 spiro atoms. The summed E-state index contributed by atoms with van der Waals surface area (Å²) >= 11 is 0. The van der Waals surface area contributed by atoms with Crippen molar-refractivity contribution in [3.63, 3.8) is 0 Å². The van der Waals surface area contributed by atoms with Crippen molar-refractivity contribution in [2.45, 2.75) is 289 Å². The zero-order valence-corrected chi connectivity index (χ0v) is 43.9. The average Bonchev–Trinajstić information content (AvgIpc) is 3.15. The van der Waals surface area contributed by atoms with Crippen LogP contribution in [0.15, 0.2) is 0 Å². The molecule has 0 rings (SSSR count). The predicted molar refractivity (Wildman–Crippen MR) is 233 cm³/mol. The second-order valence-corrected chi connectivity index (χ2v) is 19.1. The first-order chi connectivity index (χ1) is 27.1. The van der Waals surface area contributed by atoms with Crippen LogP contribution in [0.25, 0.3) is 0 Å². The maximum atomic E-state index is 12.5. The molecule has 1 unspecified atom stereocenters. The Kier molecular flexibility index (Phi) is 49.9. The average molecular weight is 859 g/mol. The molecule has 10 heteroatoms. The van der Waals surface area contributed by atoms with E-state index in [0.717, 1.165) is 38.5 Å². The Morgan fingerprint density at radius 1 is 0.397 bits per heavy atom. The van der Waals surface area contributed by atoms with Crippen LogP contribution in [0.5, 0.6) is 0 Å². The van der Waals surface area contributed by atoms with Gasteiger partial charge in [-0.15, -0.1) is 0 Å². The zero-order chi connectivity index (χ0) is 41.4. The molecule has 0 saturated heterocycles. The fourth-order valence-corrected chi connectivity index (χ4v) is 9.87. The minimum atomic E-state index is -5.20. The summed E-state index contributed by atoms with van der Waals surface area (Å²) in [5.41, 5.74) is -2.20. The Morgan fingerprint density at radius 3 is 0.707 bits per heavy atom. The van der Waals surface area contributed by atoms with Gasteiger partial charge in [-0.3, -0.25) is 4.55 Å². The van der Waals surface area contributed by atoms with Crippen molar-refractivity contribution >= 4 is 22.1 Å². The Bertz CT molecular complexity index is 951. The smallest absolute Gasteiger partial charge is 0.549 e. The Morgan fingerprint density at radius 2 is 0.569 bits per heavy atom. The van der Waals surface area contributed by atoms with E-state index in [4.69, 9.17) is 0 Å². The Labute approximate surface area is 404 Å². The van der Waals surface area contributed by atoms with Crippen LogP contribution in [-0.4, -0.2) is 30.2 Å². The van der Waals surface area contributed by atoms with E-state index in [9.17, 15) is 32.8 Å². The van der Waals surface area contributed by atoms with Crippen LogP contribution in [0, 0.1) is 5.41 Å². The molecule has 0 saturated carbocycles. The van der Waals surface area contributed by atoms with Crippen molar-refractivity contribution in [2.75, 3.05) is 0 Å². The molecule has 0 heterocycles. The molecule has 0 aliphatic heterocycles. The SMILES string of the molecule is CCCCCCCCCCCCCCCCCCCCCCC(CCCCCCCCCCCCCCCCCCCCCC)(C(=O)[O-])C(C(=O)[O-])S(=O)(=O)O.[Na+].[Na+]. The summed E-state index contributed by atoms with van der Waals surface area (Å²) < 4.78 is 34.2. The Hall–Kier alpha value is 0.850. The van der Waals surface area contributed by atoms with Crippen LogP contribution < -0.4 is 69.3 Å². The first kappa shape index (κ1) is 63.1. The van der Waals surface area contributed by atoms with E-state index in [-0.39, 0.29) is 72.0 Å². The molecule has 7 nitrogen and oxygen atoms in total. The van der Waals surface area contributed by atoms with Crippen molar-refractivity contribution in [3.8, 4) is 0 Å². The summed E-state index contributed by atoms with van der Waals surface area (Å²) in [5, 5.41) is 21.9. The third kappa shape index (κ3) is 37.4. The number of hydrogen-bond donors (Lipinski definition) is 1. The van der Waals surface area contributed by atoms with Crippen molar-refractivity contribution in [1.82, 2.24) is 0 Å². The standard InChI is InChI=1S/C48H94O7S.2Na/c1-3-5-7-9-11-13-15-17-19-21-23-25-27-29-31-33-35-37-39-41-43-48(47(51)52,45(46(49)50)56(53,54)55)44-42-40-38-36-34-32-30-28-26-24-22-20-18-16-14-12-10-8-6-4-2;;/h45H,3-44H2,1-2H3,(H,49,50)(H,51,52)(H,53,54,55);;/q;2*+1/p-2. The summed E-state index contributed by atoms with van der Waals surface area (Å²) in [6, 6.07) is 0. The fourth-order valence-electron chi connectivity index (χ4n) is 8.72. The van der Waals surface area contributed by atoms with Gasteiger partial charge in [-0.25, -0.2) is 0 Å². The molecule has 0 fully saturated rings. The summed E-state index contributed by atoms with van der Waals surface area (Å²) in [4.78, 5) is 24.5. The van der Waals surface area contributed by atoms with Gasteiger partial charge in [0, 0.05) is 11.4 Å². The summed E-state index contributed by atoms with van der Waals surface area (Å²) in [6.45, 7) is 4.53. The van der Waals surface area contributed by atoms with Gasteiger partial charge in [-0.2, -0.15) is 8.42 Å². The number of aliphatic carboxylic acids is 2. The normalized spacial score (nSPS) is 12.3. The number of carboxylic acid groups (broad SMARTS) is 2. The number of carbonyl (C=O) groups is 2. The zero-order valence-electron chi connectivity index (χ0n) is 39.1. The van der Waals surface area contributed by atoms with Crippen LogP contribution in [0.3, 0.4) is 0 Å². The molecule has 0 radical (unpaired) electrons. The van der Waals surface area contributed by atoms with E-state index >= 15 is 0 Å². The van der Waals surface area contributed by atoms with E-state index in [1.807, 2.05) is 0 Å². The second-order valence-electron chi connectivity index (χ2n) is 17.6. The fraction of sp³-hybridized carbons (Fsp3) is 0.958. The van der Waals surface area contributed by atoms with Crippen LogP contribution in [0.2, 0.25) is 0 Å². The van der Waals surface area contributed by atoms with Gasteiger partial charge in [0.15, 0.2) is 0 Å². The van der Waals surface area contributed by atoms with Gasteiger partial charge in [-0.05, 0) is 12.8 Å². The molecule has 0 aliphatic carbocycles. The number of rotatable bonds is 46. The molecule has 0 aliphatic rings. The van der Waals surface area contributed by atoms with Gasteiger partial charge >= 0.3 is 59.1 Å². The van der Waals surface area contributed by atoms with Crippen LogP contribution in [0.4, 0.5) is 0 Å². The van der Waals surface area contributed by atoms with E-state index in [2.05, 4.69) is 13.8 Å².